The fourth-order valence-corrected chi connectivity index (χ4v) is 1.57. The molecule has 0 aliphatic carbocycles. The van der Waals surface area contributed by atoms with Gasteiger partial charge in [-0.15, -0.1) is 0 Å². The molecule has 0 aliphatic rings. The van der Waals surface area contributed by atoms with E-state index >= 15 is 0 Å². The molecule has 0 spiro atoms. The van der Waals surface area contributed by atoms with Crippen LogP contribution in [0.3, 0.4) is 0 Å². The Hall–Kier alpha value is -2.43. The molecule has 0 saturated carbocycles. The highest BCUT2D eigenvalue weighted by molar-refractivity contribution is 5.64. The molecular formula is C14H16N4O. The van der Waals surface area contributed by atoms with E-state index in [9.17, 15) is 5.11 Å². The fourth-order valence-electron chi connectivity index (χ4n) is 1.57. The quantitative estimate of drug-likeness (QED) is 0.676. The number of aliphatic imine (C=N–C) groups is 1. The van der Waals surface area contributed by atoms with Gasteiger partial charge < -0.3 is 10.0 Å². The first-order chi connectivity index (χ1) is 9.08. The molecule has 1 aromatic heterocycles. The first-order valence-electron chi connectivity index (χ1n) is 5.89. The molecule has 0 atom stereocenters. The lowest BCUT2D eigenvalue weighted by molar-refractivity contribution is 0.471. The Morgan fingerprint density at radius 2 is 1.89 bits per heavy atom. The van der Waals surface area contributed by atoms with Crippen LogP contribution in [0.25, 0.3) is 11.4 Å². The molecule has 1 N–H and O–H groups in total. The van der Waals surface area contributed by atoms with Crippen molar-refractivity contribution in [1.29, 1.82) is 0 Å². The summed E-state index contributed by atoms with van der Waals surface area (Å²) in [5.74, 6) is 0.827. The second-order valence-electron chi connectivity index (χ2n) is 4.42. The second kappa shape index (κ2) is 5.48. The third-order valence-corrected chi connectivity index (χ3v) is 2.62. The van der Waals surface area contributed by atoms with Crippen molar-refractivity contribution in [3.8, 4) is 17.1 Å². The minimum Gasteiger partial charge on any atom is -0.508 e. The molecule has 19 heavy (non-hydrogen) atoms. The first-order valence-corrected chi connectivity index (χ1v) is 5.89. The molecular weight excluding hydrogens is 240 g/mol. The molecule has 98 valence electrons. The molecule has 0 radical (unpaired) electrons. The van der Waals surface area contributed by atoms with Crippen LogP contribution in [-0.2, 0) is 0 Å². The molecule has 0 saturated heterocycles. The Bertz CT molecular complexity index is 591. The zero-order valence-electron chi connectivity index (χ0n) is 11.2. The van der Waals surface area contributed by atoms with E-state index in [-0.39, 0.29) is 5.75 Å². The standard InChI is InChI=1S/C14H16N4O/c1-10-12(5-4-6-13(10)19)14-15-7-11(8-16-14)17-9-18(2)3/h4-9,19H,1-3H3. The summed E-state index contributed by atoms with van der Waals surface area (Å²) in [6.45, 7) is 1.84. The summed E-state index contributed by atoms with van der Waals surface area (Å²) in [5, 5.41) is 9.68. The molecule has 1 aromatic carbocycles. The van der Waals surface area contributed by atoms with Crippen LogP contribution in [0.15, 0.2) is 35.6 Å². The first kappa shape index (κ1) is 13.0. The van der Waals surface area contributed by atoms with Gasteiger partial charge in [-0.25, -0.2) is 15.0 Å². The lowest BCUT2D eigenvalue weighted by Crippen LogP contribution is -2.07. The van der Waals surface area contributed by atoms with E-state index < -0.39 is 0 Å². The van der Waals surface area contributed by atoms with Gasteiger partial charge in [-0.3, -0.25) is 0 Å². The van der Waals surface area contributed by atoms with Crippen LogP contribution in [0.1, 0.15) is 5.56 Å². The van der Waals surface area contributed by atoms with Gasteiger partial charge in [0.25, 0.3) is 0 Å². The van der Waals surface area contributed by atoms with Gasteiger partial charge in [0.05, 0.1) is 18.7 Å². The summed E-state index contributed by atoms with van der Waals surface area (Å²) in [4.78, 5) is 14.6. The number of rotatable bonds is 3. The molecule has 1 heterocycles. The van der Waals surface area contributed by atoms with Gasteiger partial charge in [0.2, 0.25) is 0 Å². The van der Waals surface area contributed by atoms with Crippen molar-refractivity contribution in [2.75, 3.05) is 14.1 Å². The van der Waals surface area contributed by atoms with Gasteiger partial charge in [0.15, 0.2) is 5.82 Å². The van der Waals surface area contributed by atoms with E-state index in [2.05, 4.69) is 15.0 Å². The van der Waals surface area contributed by atoms with Crippen molar-refractivity contribution >= 4 is 12.0 Å². The number of phenolic OH excluding ortho intramolecular Hbond substituents is 1. The van der Waals surface area contributed by atoms with E-state index in [1.54, 1.807) is 30.9 Å². The average molecular weight is 256 g/mol. The van der Waals surface area contributed by atoms with Crippen LogP contribution in [0.5, 0.6) is 5.75 Å². The number of aromatic hydroxyl groups is 1. The lowest BCUT2D eigenvalue weighted by atomic mass is 10.1. The summed E-state index contributed by atoms with van der Waals surface area (Å²) in [6, 6.07) is 5.31. The monoisotopic (exact) mass is 256 g/mol. The Labute approximate surface area is 112 Å². The van der Waals surface area contributed by atoms with Crippen molar-refractivity contribution < 1.29 is 5.11 Å². The Morgan fingerprint density at radius 3 is 2.53 bits per heavy atom. The molecule has 2 aromatic rings. The largest absolute Gasteiger partial charge is 0.508 e. The molecule has 0 aliphatic heterocycles. The average Bonchev–Trinajstić information content (AvgIpc) is 2.40. The fraction of sp³-hybridized carbons (Fsp3) is 0.214. The predicted molar refractivity (Wildman–Crippen MR) is 75.7 cm³/mol. The highest BCUT2D eigenvalue weighted by Crippen LogP contribution is 2.26. The minimum atomic E-state index is 0.246. The number of hydrogen-bond acceptors (Lipinski definition) is 4. The van der Waals surface area contributed by atoms with Crippen LogP contribution in [0, 0.1) is 6.92 Å². The summed E-state index contributed by atoms with van der Waals surface area (Å²) < 4.78 is 0. The molecule has 0 amide bonds. The van der Waals surface area contributed by atoms with Gasteiger partial charge in [0.1, 0.15) is 11.4 Å². The Balaban J connectivity index is 2.30. The maximum Gasteiger partial charge on any atom is 0.159 e. The topological polar surface area (TPSA) is 61.6 Å². The highest BCUT2D eigenvalue weighted by atomic mass is 16.3. The third-order valence-electron chi connectivity index (χ3n) is 2.62. The predicted octanol–water partition coefficient (Wildman–Crippen LogP) is 2.38. The van der Waals surface area contributed by atoms with Gasteiger partial charge in [-0.05, 0) is 13.0 Å². The Kier molecular flexibility index (Phi) is 3.75. The molecule has 0 unspecified atom stereocenters. The van der Waals surface area contributed by atoms with E-state index in [1.165, 1.54) is 0 Å². The van der Waals surface area contributed by atoms with E-state index in [1.807, 2.05) is 32.0 Å². The van der Waals surface area contributed by atoms with E-state index in [0.717, 1.165) is 11.1 Å². The summed E-state index contributed by atoms with van der Waals surface area (Å²) >= 11 is 0. The van der Waals surface area contributed by atoms with Crippen LogP contribution in [-0.4, -0.2) is 40.4 Å². The molecule has 5 nitrogen and oxygen atoms in total. The van der Waals surface area contributed by atoms with Crippen molar-refractivity contribution in [2.45, 2.75) is 6.92 Å². The molecule has 2 rings (SSSR count). The highest BCUT2D eigenvalue weighted by Gasteiger charge is 2.07. The number of benzene rings is 1. The zero-order valence-corrected chi connectivity index (χ0v) is 11.2. The lowest BCUT2D eigenvalue weighted by Gasteiger charge is -2.06. The smallest absolute Gasteiger partial charge is 0.159 e. The minimum absolute atomic E-state index is 0.246. The van der Waals surface area contributed by atoms with E-state index in [0.29, 0.717) is 11.5 Å². The van der Waals surface area contributed by atoms with E-state index in [4.69, 9.17) is 0 Å². The number of hydrogen-bond donors (Lipinski definition) is 1. The maximum absolute atomic E-state index is 9.68. The maximum atomic E-state index is 9.68. The molecule has 0 fully saturated rings. The van der Waals surface area contributed by atoms with Crippen LogP contribution in [0.2, 0.25) is 0 Å². The number of phenols is 1. The van der Waals surface area contributed by atoms with Crippen molar-refractivity contribution in [2.24, 2.45) is 4.99 Å². The Morgan fingerprint density at radius 1 is 1.21 bits per heavy atom. The number of nitrogens with zero attached hydrogens (tertiary/aromatic N) is 4. The number of aromatic nitrogens is 2. The summed E-state index contributed by atoms with van der Waals surface area (Å²) in [5.41, 5.74) is 2.28. The van der Waals surface area contributed by atoms with Gasteiger partial charge in [0, 0.05) is 25.2 Å². The van der Waals surface area contributed by atoms with Gasteiger partial charge in [-0.2, -0.15) is 0 Å². The van der Waals surface area contributed by atoms with Crippen LogP contribution >= 0.6 is 0 Å². The van der Waals surface area contributed by atoms with Crippen LogP contribution in [0.4, 0.5) is 5.69 Å². The van der Waals surface area contributed by atoms with Crippen LogP contribution < -0.4 is 0 Å². The van der Waals surface area contributed by atoms with Crippen molar-refractivity contribution in [3.63, 3.8) is 0 Å². The summed E-state index contributed by atoms with van der Waals surface area (Å²) in [7, 11) is 3.80. The second-order valence-corrected chi connectivity index (χ2v) is 4.42. The molecule has 5 heteroatoms. The van der Waals surface area contributed by atoms with Crippen molar-refractivity contribution in [1.82, 2.24) is 14.9 Å². The normalized spacial score (nSPS) is 10.9. The molecule has 0 bridgehead atoms. The van der Waals surface area contributed by atoms with Crippen molar-refractivity contribution in [3.05, 3.63) is 36.2 Å². The zero-order chi connectivity index (χ0) is 13.8. The summed E-state index contributed by atoms with van der Waals surface area (Å²) in [6.07, 6.45) is 5.01. The third kappa shape index (κ3) is 3.07. The van der Waals surface area contributed by atoms with Gasteiger partial charge >= 0.3 is 0 Å². The SMILES string of the molecule is Cc1c(O)cccc1-c1ncc(N=CN(C)C)cn1. The van der Waals surface area contributed by atoms with Gasteiger partial charge in [-0.1, -0.05) is 12.1 Å².